The molecular formula is C26H36N2O3. The molecular weight excluding hydrogens is 388 g/mol. The Morgan fingerprint density at radius 1 is 0.968 bits per heavy atom. The summed E-state index contributed by atoms with van der Waals surface area (Å²) in [4.78, 5) is 29.7. The number of benzene rings is 1. The summed E-state index contributed by atoms with van der Waals surface area (Å²) < 4.78 is 5.72. The number of amides is 2. The van der Waals surface area contributed by atoms with E-state index in [9.17, 15) is 9.59 Å². The molecule has 0 aliphatic heterocycles. The predicted molar refractivity (Wildman–Crippen MR) is 122 cm³/mol. The van der Waals surface area contributed by atoms with Crippen molar-refractivity contribution in [3.63, 3.8) is 0 Å². The molecule has 0 saturated heterocycles. The number of hydrogen-bond acceptors (Lipinski definition) is 3. The molecule has 0 N–H and O–H groups in total. The van der Waals surface area contributed by atoms with Gasteiger partial charge in [-0.1, -0.05) is 62.9 Å². The lowest BCUT2D eigenvalue weighted by atomic mass is 10.0. The Morgan fingerprint density at radius 3 is 2.35 bits per heavy atom. The first-order chi connectivity index (χ1) is 15.0. The quantitative estimate of drug-likeness (QED) is 0.490. The third-order valence-electron chi connectivity index (χ3n) is 6.13. The van der Waals surface area contributed by atoms with Crippen LogP contribution in [0.3, 0.4) is 0 Å². The molecule has 1 aromatic carbocycles. The molecule has 0 bridgehead atoms. The SMILES string of the molecule is CCCN(CC(=O)N(Cc1ccccc1)Cc1ccc(C)o1)C(=O)CCC1CCCC1. The minimum atomic E-state index is -0.0411. The topological polar surface area (TPSA) is 53.8 Å². The lowest BCUT2D eigenvalue weighted by Gasteiger charge is -2.27. The summed E-state index contributed by atoms with van der Waals surface area (Å²) in [5.41, 5.74) is 1.06. The van der Waals surface area contributed by atoms with Crippen molar-refractivity contribution in [2.75, 3.05) is 13.1 Å². The first-order valence-corrected chi connectivity index (χ1v) is 11.7. The van der Waals surface area contributed by atoms with Crippen LogP contribution in [0.2, 0.25) is 0 Å². The minimum absolute atomic E-state index is 0.0411. The maximum atomic E-state index is 13.3. The van der Waals surface area contributed by atoms with Gasteiger partial charge in [0.1, 0.15) is 11.5 Å². The molecule has 1 saturated carbocycles. The van der Waals surface area contributed by atoms with Crippen molar-refractivity contribution in [1.82, 2.24) is 9.80 Å². The van der Waals surface area contributed by atoms with E-state index in [1.54, 1.807) is 9.80 Å². The van der Waals surface area contributed by atoms with Crippen LogP contribution in [0, 0.1) is 12.8 Å². The van der Waals surface area contributed by atoms with Crippen LogP contribution < -0.4 is 0 Å². The fraction of sp³-hybridized carbons (Fsp3) is 0.538. The molecule has 0 radical (unpaired) electrons. The van der Waals surface area contributed by atoms with Crippen LogP contribution in [0.4, 0.5) is 0 Å². The Bertz CT molecular complexity index is 824. The van der Waals surface area contributed by atoms with E-state index < -0.39 is 0 Å². The fourth-order valence-corrected chi connectivity index (χ4v) is 4.40. The van der Waals surface area contributed by atoms with Crippen LogP contribution in [0.1, 0.15) is 69.0 Å². The second-order valence-corrected chi connectivity index (χ2v) is 8.75. The van der Waals surface area contributed by atoms with E-state index in [2.05, 4.69) is 6.92 Å². The Kier molecular flexibility index (Phi) is 8.74. The molecule has 0 unspecified atom stereocenters. The van der Waals surface area contributed by atoms with Gasteiger partial charge in [0.15, 0.2) is 0 Å². The maximum Gasteiger partial charge on any atom is 0.242 e. The van der Waals surface area contributed by atoms with Crippen molar-refractivity contribution in [3.05, 3.63) is 59.5 Å². The summed E-state index contributed by atoms with van der Waals surface area (Å²) in [6.45, 7) is 5.60. The van der Waals surface area contributed by atoms with Gasteiger partial charge in [0, 0.05) is 19.5 Å². The molecule has 2 aromatic rings. The van der Waals surface area contributed by atoms with Crippen molar-refractivity contribution in [3.8, 4) is 0 Å². The third-order valence-corrected chi connectivity index (χ3v) is 6.13. The van der Waals surface area contributed by atoms with Crippen LogP contribution in [-0.4, -0.2) is 34.7 Å². The van der Waals surface area contributed by atoms with Gasteiger partial charge in [-0.2, -0.15) is 0 Å². The normalized spacial score (nSPS) is 14.0. The maximum absolute atomic E-state index is 13.3. The summed E-state index contributed by atoms with van der Waals surface area (Å²) in [5.74, 6) is 2.34. The highest BCUT2D eigenvalue weighted by Gasteiger charge is 2.23. The average Bonchev–Trinajstić information content (AvgIpc) is 3.43. The number of carbonyl (C=O) groups excluding carboxylic acids is 2. The summed E-state index contributed by atoms with van der Waals surface area (Å²) in [6, 6.07) is 13.8. The fourth-order valence-electron chi connectivity index (χ4n) is 4.40. The molecule has 5 nitrogen and oxygen atoms in total. The number of rotatable bonds is 11. The van der Waals surface area contributed by atoms with Crippen LogP contribution in [0.5, 0.6) is 0 Å². The molecule has 1 aromatic heterocycles. The number of aryl methyl sites for hydroxylation is 1. The van der Waals surface area contributed by atoms with Crippen molar-refractivity contribution in [1.29, 1.82) is 0 Å². The van der Waals surface area contributed by atoms with Gasteiger partial charge in [0.25, 0.3) is 0 Å². The van der Waals surface area contributed by atoms with E-state index in [1.165, 1.54) is 25.7 Å². The molecule has 3 rings (SSSR count). The highest BCUT2D eigenvalue weighted by atomic mass is 16.3. The van der Waals surface area contributed by atoms with E-state index in [4.69, 9.17) is 4.42 Å². The zero-order chi connectivity index (χ0) is 22.1. The van der Waals surface area contributed by atoms with Gasteiger partial charge in [-0.05, 0) is 43.4 Å². The highest BCUT2D eigenvalue weighted by Crippen LogP contribution is 2.28. The Morgan fingerprint density at radius 2 is 1.71 bits per heavy atom. The number of carbonyl (C=O) groups is 2. The molecule has 2 amide bonds. The van der Waals surface area contributed by atoms with E-state index in [0.29, 0.717) is 32.0 Å². The van der Waals surface area contributed by atoms with Gasteiger partial charge >= 0.3 is 0 Å². The monoisotopic (exact) mass is 424 g/mol. The van der Waals surface area contributed by atoms with Crippen LogP contribution in [0.25, 0.3) is 0 Å². The molecule has 168 valence electrons. The number of hydrogen-bond donors (Lipinski definition) is 0. The molecule has 31 heavy (non-hydrogen) atoms. The Balaban J connectivity index is 1.65. The third kappa shape index (κ3) is 7.27. The smallest absolute Gasteiger partial charge is 0.242 e. The molecule has 0 atom stereocenters. The summed E-state index contributed by atoms with van der Waals surface area (Å²) in [6.07, 6.45) is 7.41. The highest BCUT2D eigenvalue weighted by molar-refractivity contribution is 5.84. The van der Waals surface area contributed by atoms with Gasteiger partial charge < -0.3 is 14.2 Å². The van der Waals surface area contributed by atoms with E-state index >= 15 is 0 Å². The molecule has 0 spiro atoms. The molecule has 5 heteroatoms. The molecule has 1 fully saturated rings. The van der Waals surface area contributed by atoms with E-state index in [0.717, 1.165) is 29.9 Å². The lowest BCUT2D eigenvalue weighted by Crippen LogP contribution is -2.42. The van der Waals surface area contributed by atoms with Crippen molar-refractivity contribution in [2.24, 2.45) is 5.92 Å². The van der Waals surface area contributed by atoms with Crippen molar-refractivity contribution in [2.45, 2.75) is 71.9 Å². The van der Waals surface area contributed by atoms with Gasteiger partial charge in [-0.3, -0.25) is 9.59 Å². The average molecular weight is 425 g/mol. The van der Waals surface area contributed by atoms with E-state index in [-0.39, 0.29) is 18.4 Å². The number of furan rings is 1. The van der Waals surface area contributed by atoms with Gasteiger partial charge in [0.2, 0.25) is 11.8 Å². The second kappa shape index (κ2) is 11.7. The van der Waals surface area contributed by atoms with Crippen LogP contribution in [0.15, 0.2) is 46.9 Å². The largest absolute Gasteiger partial charge is 0.464 e. The molecule has 1 heterocycles. The summed E-state index contributed by atoms with van der Waals surface area (Å²) in [7, 11) is 0. The lowest BCUT2D eigenvalue weighted by molar-refractivity contribution is -0.141. The standard InChI is InChI=1S/C26H36N2O3/c1-3-17-27(25(29)16-14-22-9-7-8-10-22)20-26(30)28(18-23-11-5-4-6-12-23)19-24-15-13-21(2)31-24/h4-6,11-13,15,22H,3,7-10,14,16-20H2,1-2H3. The van der Waals surface area contributed by atoms with Crippen molar-refractivity contribution >= 4 is 11.8 Å². The summed E-state index contributed by atoms with van der Waals surface area (Å²) >= 11 is 0. The van der Waals surface area contributed by atoms with Crippen molar-refractivity contribution < 1.29 is 14.0 Å². The Hall–Kier alpha value is -2.56. The Labute approximate surface area is 186 Å². The minimum Gasteiger partial charge on any atom is -0.464 e. The summed E-state index contributed by atoms with van der Waals surface area (Å²) in [5, 5.41) is 0. The van der Waals surface area contributed by atoms with Gasteiger partial charge in [0.05, 0.1) is 13.1 Å². The van der Waals surface area contributed by atoms with Crippen LogP contribution >= 0.6 is 0 Å². The van der Waals surface area contributed by atoms with Crippen LogP contribution in [-0.2, 0) is 22.7 Å². The zero-order valence-corrected chi connectivity index (χ0v) is 19.0. The number of nitrogens with zero attached hydrogens (tertiary/aromatic N) is 2. The van der Waals surface area contributed by atoms with Gasteiger partial charge in [-0.15, -0.1) is 0 Å². The first kappa shape index (κ1) is 23.1. The van der Waals surface area contributed by atoms with E-state index in [1.807, 2.05) is 49.4 Å². The second-order valence-electron chi connectivity index (χ2n) is 8.75. The first-order valence-electron chi connectivity index (χ1n) is 11.7. The zero-order valence-electron chi connectivity index (χ0n) is 19.0. The molecule has 1 aliphatic carbocycles. The molecule has 1 aliphatic rings. The predicted octanol–water partition coefficient (Wildman–Crippen LogP) is 5.33. The van der Waals surface area contributed by atoms with Gasteiger partial charge in [-0.25, -0.2) is 0 Å².